The Kier molecular flexibility index (Phi) is 5.21. The van der Waals surface area contributed by atoms with Gasteiger partial charge in [0.05, 0.1) is 22.1 Å². The van der Waals surface area contributed by atoms with Crippen LogP contribution in [0.1, 0.15) is 38.5 Å². The molecule has 3 rings (SSSR count). The van der Waals surface area contributed by atoms with E-state index in [1.165, 1.54) is 34.6 Å². The monoisotopic (exact) mass is 362 g/mol. The minimum atomic E-state index is -0.296. The summed E-state index contributed by atoms with van der Waals surface area (Å²) < 4.78 is 0. The number of aryl methyl sites for hydroxylation is 3. The summed E-state index contributed by atoms with van der Waals surface area (Å²) in [5, 5.41) is 5.87. The third-order valence-electron chi connectivity index (χ3n) is 4.03. The van der Waals surface area contributed by atoms with E-state index in [-0.39, 0.29) is 18.4 Å². The molecular formula is C18H19ClN2O2S. The first-order valence-electron chi connectivity index (χ1n) is 7.99. The lowest BCUT2D eigenvalue weighted by Crippen LogP contribution is -2.32. The van der Waals surface area contributed by atoms with Gasteiger partial charge in [0, 0.05) is 4.88 Å². The molecule has 2 aromatic rings. The van der Waals surface area contributed by atoms with Gasteiger partial charge >= 0.3 is 0 Å². The van der Waals surface area contributed by atoms with E-state index in [0.29, 0.717) is 15.6 Å². The Bertz CT molecular complexity index is 762. The van der Waals surface area contributed by atoms with Crippen LogP contribution >= 0.6 is 22.9 Å². The average Bonchev–Trinajstić information content (AvgIpc) is 2.99. The first-order valence-corrected chi connectivity index (χ1v) is 9.18. The van der Waals surface area contributed by atoms with Crippen LogP contribution < -0.4 is 10.6 Å². The van der Waals surface area contributed by atoms with Gasteiger partial charge in [0.1, 0.15) is 0 Å². The van der Waals surface area contributed by atoms with Crippen molar-refractivity contribution >= 4 is 40.4 Å². The second-order valence-corrected chi connectivity index (χ2v) is 7.52. The minimum absolute atomic E-state index is 0.0778. The van der Waals surface area contributed by atoms with Crippen molar-refractivity contribution in [2.24, 2.45) is 0 Å². The lowest BCUT2D eigenvalue weighted by molar-refractivity contribution is -0.115. The predicted octanol–water partition coefficient (Wildman–Crippen LogP) is 3.96. The van der Waals surface area contributed by atoms with Crippen LogP contribution in [-0.4, -0.2) is 18.4 Å². The van der Waals surface area contributed by atoms with Crippen molar-refractivity contribution in [3.05, 3.63) is 50.2 Å². The van der Waals surface area contributed by atoms with E-state index in [9.17, 15) is 9.59 Å². The molecule has 0 unspecified atom stereocenters. The number of rotatable bonds is 4. The zero-order chi connectivity index (χ0) is 17.1. The van der Waals surface area contributed by atoms with Crippen LogP contribution in [0.5, 0.6) is 0 Å². The summed E-state index contributed by atoms with van der Waals surface area (Å²) in [5.74, 6) is -0.491. The molecule has 6 heteroatoms. The molecule has 0 bridgehead atoms. The molecule has 0 saturated heterocycles. The number of carbonyl (C=O) groups is 2. The smallest absolute Gasteiger partial charge is 0.261 e. The Morgan fingerprint density at radius 3 is 2.75 bits per heavy atom. The van der Waals surface area contributed by atoms with Gasteiger partial charge in [-0.3, -0.25) is 9.59 Å². The summed E-state index contributed by atoms with van der Waals surface area (Å²) in [4.78, 5) is 26.2. The first kappa shape index (κ1) is 17.0. The largest absolute Gasteiger partial charge is 0.342 e. The highest BCUT2D eigenvalue weighted by Crippen LogP contribution is 2.29. The lowest BCUT2D eigenvalue weighted by atomic mass is 9.99. The number of carbonyl (C=O) groups excluding carboxylic acids is 2. The van der Waals surface area contributed by atoms with Crippen LogP contribution in [0, 0.1) is 6.92 Å². The summed E-state index contributed by atoms with van der Waals surface area (Å²) in [5.41, 5.74) is 2.85. The highest BCUT2D eigenvalue weighted by Gasteiger charge is 2.17. The first-order chi connectivity index (χ1) is 11.5. The lowest BCUT2D eigenvalue weighted by Gasteiger charge is -2.08. The zero-order valence-corrected chi connectivity index (χ0v) is 15.0. The van der Waals surface area contributed by atoms with E-state index in [2.05, 4.69) is 10.6 Å². The van der Waals surface area contributed by atoms with Crippen LogP contribution in [0.25, 0.3) is 0 Å². The Morgan fingerprint density at radius 2 is 2.00 bits per heavy atom. The molecule has 2 N–H and O–H groups in total. The van der Waals surface area contributed by atoms with Crippen molar-refractivity contribution in [1.82, 2.24) is 5.32 Å². The molecule has 0 saturated carbocycles. The van der Waals surface area contributed by atoms with Crippen molar-refractivity contribution in [2.75, 3.05) is 11.9 Å². The summed E-state index contributed by atoms with van der Waals surface area (Å²) in [6.45, 7) is 1.85. The molecule has 0 atom stereocenters. The zero-order valence-electron chi connectivity index (χ0n) is 13.4. The molecule has 24 heavy (non-hydrogen) atoms. The third-order valence-corrected chi connectivity index (χ3v) is 5.58. The number of anilines is 1. The van der Waals surface area contributed by atoms with E-state index in [1.807, 2.05) is 19.1 Å². The van der Waals surface area contributed by atoms with Gasteiger partial charge in [-0.05, 0) is 61.9 Å². The van der Waals surface area contributed by atoms with Crippen molar-refractivity contribution in [2.45, 2.75) is 32.6 Å². The quantitative estimate of drug-likeness (QED) is 0.864. The Hall–Kier alpha value is -1.85. The van der Waals surface area contributed by atoms with Crippen LogP contribution in [0.4, 0.5) is 5.69 Å². The van der Waals surface area contributed by atoms with Crippen LogP contribution in [0.2, 0.25) is 5.02 Å². The molecule has 0 spiro atoms. The van der Waals surface area contributed by atoms with Crippen molar-refractivity contribution in [3.8, 4) is 0 Å². The van der Waals surface area contributed by atoms with Crippen LogP contribution in [0.15, 0.2) is 24.3 Å². The number of benzene rings is 1. The van der Waals surface area contributed by atoms with Crippen molar-refractivity contribution < 1.29 is 9.59 Å². The standard InChI is InChI=1S/C18H19ClN2O2S/c1-11-6-7-14(13(19)8-11)21-17(22)10-20-18(23)16-9-12-4-2-3-5-15(12)24-16/h6-9H,2-5,10H2,1H3,(H,20,23)(H,21,22). The maximum Gasteiger partial charge on any atom is 0.261 e. The third kappa shape index (κ3) is 3.97. The van der Waals surface area contributed by atoms with Crippen molar-refractivity contribution in [3.63, 3.8) is 0 Å². The summed E-state index contributed by atoms with van der Waals surface area (Å²) in [7, 11) is 0. The van der Waals surface area contributed by atoms with Gasteiger partial charge in [-0.2, -0.15) is 0 Å². The van der Waals surface area contributed by atoms with Gasteiger partial charge in [0.2, 0.25) is 5.91 Å². The van der Waals surface area contributed by atoms with Gasteiger partial charge in [0.25, 0.3) is 5.91 Å². The topological polar surface area (TPSA) is 58.2 Å². The van der Waals surface area contributed by atoms with E-state index in [4.69, 9.17) is 11.6 Å². The Morgan fingerprint density at radius 1 is 1.21 bits per heavy atom. The number of nitrogens with one attached hydrogen (secondary N) is 2. The van der Waals surface area contributed by atoms with Gasteiger partial charge in [0.15, 0.2) is 0 Å². The maximum absolute atomic E-state index is 12.2. The summed E-state index contributed by atoms with van der Waals surface area (Å²) in [6, 6.07) is 7.37. The van der Waals surface area contributed by atoms with Crippen LogP contribution in [0.3, 0.4) is 0 Å². The number of amides is 2. The van der Waals surface area contributed by atoms with Gasteiger partial charge < -0.3 is 10.6 Å². The minimum Gasteiger partial charge on any atom is -0.342 e. The molecule has 1 aromatic carbocycles. The number of hydrogen-bond acceptors (Lipinski definition) is 3. The molecule has 2 amide bonds. The predicted molar refractivity (Wildman–Crippen MR) is 98.1 cm³/mol. The number of fused-ring (bicyclic) bond motifs is 1. The number of hydrogen-bond donors (Lipinski definition) is 2. The van der Waals surface area contributed by atoms with E-state index >= 15 is 0 Å². The molecule has 1 heterocycles. The fourth-order valence-electron chi connectivity index (χ4n) is 2.77. The maximum atomic E-state index is 12.2. The molecule has 0 aliphatic heterocycles. The normalized spacial score (nSPS) is 13.2. The molecule has 0 fully saturated rings. The van der Waals surface area contributed by atoms with E-state index in [1.54, 1.807) is 12.1 Å². The van der Waals surface area contributed by atoms with E-state index < -0.39 is 0 Å². The molecule has 0 radical (unpaired) electrons. The molecule has 126 valence electrons. The van der Waals surface area contributed by atoms with Crippen LogP contribution in [-0.2, 0) is 17.6 Å². The number of halogens is 1. The Balaban J connectivity index is 1.55. The summed E-state index contributed by atoms with van der Waals surface area (Å²) >= 11 is 7.63. The molecule has 4 nitrogen and oxygen atoms in total. The fraction of sp³-hybridized carbons (Fsp3) is 0.333. The molecular weight excluding hydrogens is 344 g/mol. The molecule has 1 aromatic heterocycles. The fourth-order valence-corrected chi connectivity index (χ4v) is 4.22. The van der Waals surface area contributed by atoms with Gasteiger partial charge in [-0.1, -0.05) is 17.7 Å². The second-order valence-electron chi connectivity index (χ2n) is 5.98. The van der Waals surface area contributed by atoms with Gasteiger partial charge in [-0.15, -0.1) is 11.3 Å². The Labute approximate surface area is 150 Å². The highest BCUT2D eigenvalue weighted by molar-refractivity contribution is 7.14. The molecule has 1 aliphatic carbocycles. The van der Waals surface area contributed by atoms with E-state index in [0.717, 1.165) is 18.4 Å². The van der Waals surface area contributed by atoms with Crippen molar-refractivity contribution in [1.29, 1.82) is 0 Å². The average molecular weight is 363 g/mol. The SMILES string of the molecule is Cc1ccc(NC(=O)CNC(=O)c2cc3c(s2)CCCC3)c(Cl)c1. The summed E-state index contributed by atoms with van der Waals surface area (Å²) in [6.07, 6.45) is 4.48. The van der Waals surface area contributed by atoms with Gasteiger partial charge in [-0.25, -0.2) is 0 Å². The highest BCUT2D eigenvalue weighted by atomic mass is 35.5. The molecule has 1 aliphatic rings. The number of thiophene rings is 1. The second kappa shape index (κ2) is 7.36.